The van der Waals surface area contributed by atoms with Crippen LogP contribution >= 0.6 is 0 Å². The highest BCUT2D eigenvalue weighted by Crippen LogP contribution is 2.31. The lowest BCUT2D eigenvalue weighted by Gasteiger charge is -2.28. The summed E-state index contributed by atoms with van der Waals surface area (Å²) in [6.45, 7) is 1.37. The zero-order valence-corrected chi connectivity index (χ0v) is 11.9. The minimum Gasteiger partial charge on any atom is -0.493 e. The van der Waals surface area contributed by atoms with Gasteiger partial charge in [0.05, 0.1) is 11.5 Å². The van der Waals surface area contributed by atoms with Crippen LogP contribution in [0.4, 0.5) is 13.2 Å². The second-order valence-electron chi connectivity index (χ2n) is 5.37. The van der Waals surface area contributed by atoms with Crippen LogP contribution in [-0.4, -0.2) is 30.8 Å². The SMILES string of the molecule is O=C(O)C(COc1cccc(C(F)(F)F)c1)C1CCNCC1. The number of halogens is 3. The molecule has 1 aliphatic rings. The third kappa shape index (κ3) is 4.37. The van der Waals surface area contributed by atoms with Crippen molar-refractivity contribution >= 4 is 5.97 Å². The van der Waals surface area contributed by atoms with E-state index in [1.54, 1.807) is 0 Å². The van der Waals surface area contributed by atoms with Crippen LogP contribution in [0.25, 0.3) is 0 Å². The topological polar surface area (TPSA) is 58.6 Å². The number of carboxylic acid groups (broad SMARTS) is 1. The summed E-state index contributed by atoms with van der Waals surface area (Å²) in [4.78, 5) is 11.4. The Hall–Kier alpha value is -1.76. The number of benzene rings is 1. The first-order chi connectivity index (χ1) is 10.4. The Bertz CT molecular complexity index is 513. The van der Waals surface area contributed by atoms with Gasteiger partial charge in [-0.2, -0.15) is 13.2 Å². The zero-order valence-electron chi connectivity index (χ0n) is 11.9. The third-order valence-electron chi connectivity index (χ3n) is 3.86. The van der Waals surface area contributed by atoms with E-state index in [9.17, 15) is 23.1 Å². The molecule has 122 valence electrons. The van der Waals surface area contributed by atoms with E-state index in [0.717, 1.165) is 38.1 Å². The van der Waals surface area contributed by atoms with Gasteiger partial charge in [-0.15, -0.1) is 0 Å². The zero-order chi connectivity index (χ0) is 16.2. The maximum absolute atomic E-state index is 12.6. The summed E-state index contributed by atoms with van der Waals surface area (Å²) in [6.07, 6.45) is -2.99. The van der Waals surface area contributed by atoms with E-state index in [1.807, 2.05) is 0 Å². The van der Waals surface area contributed by atoms with Gasteiger partial charge in [0.25, 0.3) is 0 Å². The molecule has 0 bridgehead atoms. The summed E-state index contributed by atoms with van der Waals surface area (Å²) in [5.41, 5.74) is -0.807. The first kappa shape index (κ1) is 16.6. The molecule has 2 N–H and O–H groups in total. The average Bonchev–Trinajstić information content (AvgIpc) is 2.48. The predicted octanol–water partition coefficient (Wildman–Crippen LogP) is 2.78. The number of alkyl halides is 3. The number of carbonyl (C=O) groups is 1. The summed E-state index contributed by atoms with van der Waals surface area (Å²) in [6, 6.07) is 4.49. The molecule has 0 amide bonds. The van der Waals surface area contributed by atoms with Crippen molar-refractivity contribution in [2.75, 3.05) is 19.7 Å². The largest absolute Gasteiger partial charge is 0.493 e. The van der Waals surface area contributed by atoms with Gasteiger partial charge < -0.3 is 15.2 Å². The van der Waals surface area contributed by atoms with Gasteiger partial charge in [0.1, 0.15) is 12.4 Å². The van der Waals surface area contributed by atoms with E-state index in [-0.39, 0.29) is 18.3 Å². The summed E-state index contributed by atoms with van der Waals surface area (Å²) in [7, 11) is 0. The number of carboxylic acids is 1. The molecular weight excluding hydrogens is 299 g/mol. The lowest BCUT2D eigenvalue weighted by molar-refractivity contribution is -0.145. The Balaban J connectivity index is 2.01. The van der Waals surface area contributed by atoms with E-state index < -0.39 is 23.6 Å². The minimum absolute atomic E-state index is 0.0236. The number of hydrogen-bond acceptors (Lipinski definition) is 3. The van der Waals surface area contributed by atoms with Crippen LogP contribution < -0.4 is 10.1 Å². The Labute approximate surface area is 126 Å². The Morgan fingerprint density at radius 2 is 2.05 bits per heavy atom. The van der Waals surface area contributed by atoms with Crippen LogP contribution in [0, 0.1) is 11.8 Å². The van der Waals surface area contributed by atoms with E-state index in [2.05, 4.69) is 5.32 Å². The molecule has 1 atom stereocenters. The molecule has 0 spiro atoms. The molecule has 1 heterocycles. The van der Waals surface area contributed by atoms with Crippen molar-refractivity contribution in [3.63, 3.8) is 0 Å². The number of aliphatic carboxylic acids is 1. The minimum atomic E-state index is -4.44. The Morgan fingerprint density at radius 3 is 2.64 bits per heavy atom. The highest BCUT2D eigenvalue weighted by molar-refractivity contribution is 5.70. The number of ether oxygens (including phenoxy) is 1. The molecule has 2 rings (SSSR count). The second kappa shape index (κ2) is 7.00. The molecule has 0 radical (unpaired) electrons. The van der Waals surface area contributed by atoms with Crippen molar-refractivity contribution in [3.8, 4) is 5.75 Å². The molecule has 22 heavy (non-hydrogen) atoms. The van der Waals surface area contributed by atoms with Gasteiger partial charge in [0, 0.05) is 0 Å². The molecule has 0 saturated carbocycles. The van der Waals surface area contributed by atoms with Gasteiger partial charge in [-0.1, -0.05) is 6.07 Å². The standard InChI is InChI=1S/C15H18F3NO3/c16-15(17,18)11-2-1-3-12(8-11)22-9-13(14(20)21)10-4-6-19-7-5-10/h1-3,8,10,13,19H,4-7,9H2,(H,20,21). The molecular formula is C15H18F3NO3. The fourth-order valence-electron chi connectivity index (χ4n) is 2.60. The molecule has 0 aromatic heterocycles. The van der Waals surface area contributed by atoms with Crippen LogP contribution in [-0.2, 0) is 11.0 Å². The van der Waals surface area contributed by atoms with Crippen LogP contribution in [0.3, 0.4) is 0 Å². The predicted molar refractivity (Wildman–Crippen MR) is 73.7 cm³/mol. The molecule has 1 aliphatic heterocycles. The van der Waals surface area contributed by atoms with E-state index in [1.165, 1.54) is 12.1 Å². The summed E-state index contributed by atoms with van der Waals surface area (Å²) < 4.78 is 43.2. The normalized spacial score (nSPS) is 18.0. The first-order valence-electron chi connectivity index (χ1n) is 7.11. The molecule has 0 aliphatic carbocycles. The molecule has 7 heteroatoms. The summed E-state index contributed by atoms with van der Waals surface area (Å²) >= 11 is 0. The summed E-state index contributed by atoms with van der Waals surface area (Å²) in [5.74, 6) is -1.67. The van der Waals surface area contributed by atoms with E-state index in [4.69, 9.17) is 4.74 Å². The van der Waals surface area contributed by atoms with Crippen LogP contribution in [0.2, 0.25) is 0 Å². The van der Waals surface area contributed by atoms with E-state index in [0.29, 0.717) is 0 Å². The maximum atomic E-state index is 12.6. The molecule has 1 fully saturated rings. The smallest absolute Gasteiger partial charge is 0.416 e. The molecule has 1 aromatic rings. The van der Waals surface area contributed by atoms with Gasteiger partial charge >= 0.3 is 12.1 Å². The van der Waals surface area contributed by atoms with Gasteiger partial charge in [0.15, 0.2) is 0 Å². The van der Waals surface area contributed by atoms with Crippen molar-refractivity contribution in [1.82, 2.24) is 5.32 Å². The van der Waals surface area contributed by atoms with Crippen molar-refractivity contribution < 1.29 is 27.8 Å². The van der Waals surface area contributed by atoms with Gasteiger partial charge in [-0.3, -0.25) is 4.79 Å². The fraction of sp³-hybridized carbons (Fsp3) is 0.533. The quantitative estimate of drug-likeness (QED) is 0.877. The van der Waals surface area contributed by atoms with Gasteiger partial charge in [0.2, 0.25) is 0 Å². The summed E-state index contributed by atoms with van der Waals surface area (Å²) in [5, 5.41) is 12.5. The van der Waals surface area contributed by atoms with Crippen LogP contribution in [0.1, 0.15) is 18.4 Å². The van der Waals surface area contributed by atoms with Crippen LogP contribution in [0.5, 0.6) is 5.75 Å². The molecule has 1 saturated heterocycles. The van der Waals surface area contributed by atoms with Crippen molar-refractivity contribution in [2.24, 2.45) is 11.8 Å². The Morgan fingerprint density at radius 1 is 1.36 bits per heavy atom. The first-order valence-corrected chi connectivity index (χ1v) is 7.11. The number of rotatable bonds is 5. The second-order valence-corrected chi connectivity index (χ2v) is 5.37. The highest BCUT2D eigenvalue weighted by atomic mass is 19.4. The molecule has 4 nitrogen and oxygen atoms in total. The number of hydrogen-bond donors (Lipinski definition) is 2. The van der Waals surface area contributed by atoms with Crippen LogP contribution in [0.15, 0.2) is 24.3 Å². The lowest BCUT2D eigenvalue weighted by Crippen LogP contribution is -2.37. The fourth-order valence-corrected chi connectivity index (χ4v) is 2.60. The van der Waals surface area contributed by atoms with Crippen molar-refractivity contribution in [3.05, 3.63) is 29.8 Å². The number of piperidine rings is 1. The average molecular weight is 317 g/mol. The maximum Gasteiger partial charge on any atom is 0.416 e. The Kier molecular flexibility index (Phi) is 5.28. The number of nitrogens with one attached hydrogen (secondary N) is 1. The van der Waals surface area contributed by atoms with Crippen molar-refractivity contribution in [2.45, 2.75) is 19.0 Å². The molecule has 1 unspecified atom stereocenters. The monoisotopic (exact) mass is 317 g/mol. The third-order valence-corrected chi connectivity index (χ3v) is 3.86. The molecule has 1 aromatic carbocycles. The lowest BCUT2D eigenvalue weighted by atomic mass is 9.85. The van der Waals surface area contributed by atoms with Crippen molar-refractivity contribution in [1.29, 1.82) is 0 Å². The van der Waals surface area contributed by atoms with Gasteiger partial charge in [-0.05, 0) is 50.0 Å². The van der Waals surface area contributed by atoms with Gasteiger partial charge in [-0.25, -0.2) is 0 Å². The van der Waals surface area contributed by atoms with E-state index >= 15 is 0 Å². The highest BCUT2D eigenvalue weighted by Gasteiger charge is 2.32.